The summed E-state index contributed by atoms with van der Waals surface area (Å²) in [5, 5.41) is 0. The monoisotopic (exact) mass is 316 g/mol. The van der Waals surface area contributed by atoms with E-state index in [0.29, 0.717) is 31.1 Å². The molecule has 0 bridgehead atoms. The molecule has 0 saturated carbocycles. The van der Waals surface area contributed by atoms with Crippen molar-refractivity contribution in [2.45, 2.75) is 25.6 Å². The molecule has 2 rings (SSSR count). The summed E-state index contributed by atoms with van der Waals surface area (Å²) >= 11 is 0. The Kier molecular flexibility index (Phi) is 5.28. The molecule has 0 aromatic heterocycles. The number of nitrogens with zero attached hydrogens (tertiary/aromatic N) is 1. The maximum Gasteiger partial charge on any atom is 0.573 e. The van der Waals surface area contributed by atoms with Crippen LogP contribution in [0.5, 0.6) is 5.75 Å². The minimum atomic E-state index is -4.70. The molecular weight excluding hydrogens is 297 g/mol. The standard InChI is InChI=1S/C15H19F3N2O2/c16-15(17,18)22-13-3-1-11(2-4-13)9-14(21)20-7-5-12(10-19)6-8-20/h1-4,12H,5-10,19H2. The van der Waals surface area contributed by atoms with Crippen molar-refractivity contribution < 1.29 is 22.7 Å². The number of carbonyl (C=O) groups is 1. The third-order valence-electron chi connectivity index (χ3n) is 3.81. The Morgan fingerprint density at radius 2 is 1.82 bits per heavy atom. The summed E-state index contributed by atoms with van der Waals surface area (Å²) in [5.41, 5.74) is 6.28. The van der Waals surface area contributed by atoms with Crippen LogP contribution in [0.3, 0.4) is 0 Å². The van der Waals surface area contributed by atoms with Gasteiger partial charge in [-0.25, -0.2) is 0 Å². The fraction of sp³-hybridized carbons (Fsp3) is 0.533. The van der Waals surface area contributed by atoms with Crippen LogP contribution < -0.4 is 10.5 Å². The molecule has 22 heavy (non-hydrogen) atoms. The van der Waals surface area contributed by atoms with Crippen molar-refractivity contribution in [3.05, 3.63) is 29.8 Å². The van der Waals surface area contributed by atoms with Gasteiger partial charge < -0.3 is 15.4 Å². The predicted octanol–water partition coefficient (Wildman–Crippen LogP) is 2.33. The molecule has 0 radical (unpaired) electrons. The van der Waals surface area contributed by atoms with Gasteiger partial charge in [0, 0.05) is 13.1 Å². The van der Waals surface area contributed by atoms with Gasteiger partial charge >= 0.3 is 6.36 Å². The topological polar surface area (TPSA) is 55.6 Å². The van der Waals surface area contributed by atoms with E-state index in [1.807, 2.05) is 0 Å². The summed E-state index contributed by atoms with van der Waals surface area (Å²) in [7, 11) is 0. The summed E-state index contributed by atoms with van der Waals surface area (Å²) < 4.78 is 40.0. The molecule has 2 N–H and O–H groups in total. The molecule has 1 fully saturated rings. The van der Waals surface area contributed by atoms with Crippen LogP contribution in [0, 0.1) is 5.92 Å². The van der Waals surface area contributed by atoms with Gasteiger partial charge in [-0.3, -0.25) is 4.79 Å². The van der Waals surface area contributed by atoms with E-state index in [1.54, 1.807) is 4.90 Å². The molecule has 0 spiro atoms. The van der Waals surface area contributed by atoms with Gasteiger partial charge in [-0.15, -0.1) is 13.2 Å². The Labute approximate surface area is 127 Å². The molecule has 122 valence electrons. The van der Waals surface area contributed by atoms with Gasteiger partial charge in [0.25, 0.3) is 0 Å². The molecule has 1 heterocycles. The summed E-state index contributed by atoms with van der Waals surface area (Å²) in [4.78, 5) is 13.9. The third kappa shape index (κ3) is 4.91. The first-order valence-electron chi connectivity index (χ1n) is 7.20. The van der Waals surface area contributed by atoms with Crippen LogP contribution in [0.2, 0.25) is 0 Å². The Morgan fingerprint density at radius 1 is 1.23 bits per heavy atom. The van der Waals surface area contributed by atoms with Gasteiger partial charge in [0.05, 0.1) is 6.42 Å². The number of likely N-dealkylation sites (tertiary alicyclic amines) is 1. The van der Waals surface area contributed by atoms with Gasteiger partial charge in [0.15, 0.2) is 0 Å². The lowest BCUT2D eigenvalue weighted by atomic mass is 9.96. The number of piperidine rings is 1. The second-order valence-electron chi connectivity index (χ2n) is 5.43. The van der Waals surface area contributed by atoms with Crippen LogP contribution in [-0.4, -0.2) is 36.8 Å². The lowest BCUT2D eigenvalue weighted by Gasteiger charge is -2.31. The molecule has 1 aliphatic heterocycles. The first-order chi connectivity index (χ1) is 10.4. The maximum absolute atomic E-state index is 12.2. The second-order valence-corrected chi connectivity index (χ2v) is 5.43. The molecule has 1 aliphatic rings. The zero-order valence-electron chi connectivity index (χ0n) is 12.1. The number of hydrogen-bond donors (Lipinski definition) is 1. The van der Waals surface area contributed by atoms with Crippen LogP contribution >= 0.6 is 0 Å². The average molecular weight is 316 g/mol. The summed E-state index contributed by atoms with van der Waals surface area (Å²) in [6.07, 6.45) is -2.72. The van der Waals surface area contributed by atoms with Gasteiger partial charge in [0.2, 0.25) is 5.91 Å². The fourth-order valence-electron chi connectivity index (χ4n) is 2.51. The minimum Gasteiger partial charge on any atom is -0.406 e. The smallest absolute Gasteiger partial charge is 0.406 e. The lowest BCUT2D eigenvalue weighted by molar-refractivity contribution is -0.274. The molecule has 1 aromatic carbocycles. The van der Waals surface area contributed by atoms with Gasteiger partial charge in [-0.2, -0.15) is 0 Å². The largest absolute Gasteiger partial charge is 0.573 e. The summed E-state index contributed by atoms with van der Waals surface area (Å²) in [5.74, 6) is 0.176. The zero-order valence-corrected chi connectivity index (χ0v) is 12.1. The fourth-order valence-corrected chi connectivity index (χ4v) is 2.51. The van der Waals surface area contributed by atoms with Crippen molar-refractivity contribution in [1.82, 2.24) is 4.90 Å². The summed E-state index contributed by atoms with van der Waals surface area (Å²) in [6.45, 7) is 2.02. The van der Waals surface area contributed by atoms with Crippen molar-refractivity contribution in [3.63, 3.8) is 0 Å². The number of nitrogens with two attached hydrogens (primary N) is 1. The van der Waals surface area contributed by atoms with Crippen LogP contribution in [-0.2, 0) is 11.2 Å². The van der Waals surface area contributed by atoms with Crippen LogP contribution in [0.1, 0.15) is 18.4 Å². The van der Waals surface area contributed by atoms with Gasteiger partial charge in [-0.1, -0.05) is 12.1 Å². The Hall–Kier alpha value is -1.76. The van der Waals surface area contributed by atoms with E-state index in [4.69, 9.17) is 5.73 Å². The highest BCUT2D eigenvalue weighted by Gasteiger charge is 2.31. The lowest BCUT2D eigenvalue weighted by Crippen LogP contribution is -2.40. The third-order valence-corrected chi connectivity index (χ3v) is 3.81. The van der Waals surface area contributed by atoms with Crippen LogP contribution in [0.4, 0.5) is 13.2 Å². The predicted molar refractivity (Wildman–Crippen MR) is 75.2 cm³/mol. The van der Waals surface area contributed by atoms with Crippen molar-refractivity contribution in [2.24, 2.45) is 11.7 Å². The number of carbonyl (C=O) groups excluding carboxylic acids is 1. The Morgan fingerprint density at radius 3 is 2.32 bits per heavy atom. The van der Waals surface area contributed by atoms with Crippen LogP contribution in [0.25, 0.3) is 0 Å². The van der Waals surface area contributed by atoms with E-state index in [0.717, 1.165) is 12.8 Å². The highest BCUT2D eigenvalue weighted by molar-refractivity contribution is 5.78. The normalized spacial score (nSPS) is 16.6. The van der Waals surface area contributed by atoms with E-state index < -0.39 is 6.36 Å². The van der Waals surface area contributed by atoms with E-state index >= 15 is 0 Å². The average Bonchev–Trinajstić information content (AvgIpc) is 2.48. The van der Waals surface area contributed by atoms with Crippen LogP contribution in [0.15, 0.2) is 24.3 Å². The van der Waals surface area contributed by atoms with E-state index in [-0.39, 0.29) is 18.1 Å². The zero-order chi connectivity index (χ0) is 16.2. The molecule has 1 saturated heterocycles. The van der Waals surface area contributed by atoms with Crippen molar-refractivity contribution in [1.29, 1.82) is 0 Å². The number of amides is 1. The number of benzene rings is 1. The molecule has 7 heteroatoms. The minimum absolute atomic E-state index is 0.0139. The molecule has 0 aliphatic carbocycles. The SMILES string of the molecule is NCC1CCN(C(=O)Cc2ccc(OC(F)(F)F)cc2)CC1. The van der Waals surface area contributed by atoms with E-state index in [2.05, 4.69) is 4.74 Å². The molecule has 1 amide bonds. The number of halogens is 3. The molecule has 0 unspecified atom stereocenters. The van der Waals surface area contributed by atoms with Crippen molar-refractivity contribution in [2.75, 3.05) is 19.6 Å². The molecule has 0 atom stereocenters. The Balaban J connectivity index is 1.87. The number of ether oxygens (including phenoxy) is 1. The van der Waals surface area contributed by atoms with Crippen molar-refractivity contribution in [3.8, 4) is 5.75 Å². The van der Waals surface area contributed by atoms with E-state index in [9.17, 15) is 18.0 Å². The highest BCUT2D eigenvalue weighted by Crippen LogP contribution is 2.23. The van der Waals surface area contributed by atoms with E-state index in [1.165, 1.54) is 24.3 Å². The summed E-state index contributed by atoms with van der Waals surface area (Å²) in [6, 6.07) is 5.39. The molecule has 4 nitrogen and oxygen atoms in total. The number of hydrogen-bond acceptors (Lipinski definition) is 3. The van der Waals surface area contributed by atoms with Crippen molar-refractivity contribution >= 4 is 5.91 Å². The highest BCUT2D eigenvalue weighted by atomic mass is 19.4. The first kappa shape index (κ1) is 16.6. The van der Waals surface area contributed by atoms with Gasteiger partial charge in [-0.05, 0) is 43.0 Å². The number of alkyl halides is 3. The van der Waals surface area contributed by atoms with Gasteiger partial charge in [0.1, 0.15) is 5.75 Å². The molecule has 1 aromatic rings. The molecular formula is C15H19F3N2O2. The Bertz CT molecular complexity index is 495. The quantitative estimate of drug-likeness (QED) is 0.927. The number of rotatable bonds is 4. The second kappa shape index (κ2) is 7.00. The maximum atomic E-state index is 12.2. The first-order valence-corrected chi connectivity index (χ1v) is 7.20.